The van der Waals surface area contributed by atoms with Crippen LogP contribution in [0.15, 0.2) is 17.0 Å². The fourth-order valence-corrected chi connectivity index (χ4v) is 10.1. The Morgan fingerprint density at radius 3 is 2.38 bits per heavy atom. The van der Waals surface area contributed by atoms with Crippen molar-refractivity contribution in [3.8, 4) is 5.75 Å². The van der Waals surface area contributed by atoms with Gasteiger partial charge >= 0.3 is 118 Å². The van der Waals surface area contributed by atoms with Crippen LogP contribution in [0, 0.1) is 0 Å². The summed E-state index contributed by atoms with van der Waals surface area (Å²) in [5, 5.41) is 0. The van der Waals surface area contributed by atoms with Crippen LogP contribution in [0.5, 0.6) is 5.75 Å². The van der Waals surface area contributed by atoms with Crippen molar-refractivity contribution in [3.63, 3.8) is 0 Å². The topological polar surface area (TPSA) is 9.23 Å². The van der Waals surface area contributed by atoms with Gasteiger partial charge in [0.05, 0.1) is 0 Å². The van der Waals surface area contributed by atoms with Gasteiger partial charge < -0.3 is 0 Å². The first-order chi connectivity index (χ1) is 7.47. The summed E-state index contributed by atoms with van der Waals surface area (Å²) >= 11 is 1.96. The van der Waals surface area contributed by atoms with Gasteiger partial charge in [-0.05, 0) is 0 Å². The molecule has 0 bridgehead atoms. The predicted molar refractivity (Wildman–Crippen MR) is 75.8 cm³/mol. The van der Waals surface area contributed by atoms with E-state index in [1.807, 2.05) is 0 Å². The second kappa shape index (κ2) is 6.58. The molecule has 0 saturated heterocycles. The second-order valence-corrected chi connectivity index (χ2v) is 18.1. The van der Waals surface area contributed by atoms with Gasteiger partial charge in [-0.2, -0.15) is 0 Å². The molecule has 4 heteroatoms. The zero-order valence-electron chi connectivity index (χ0n) is 10.5. The van der Waals surface area contributed by atoms with E-state index in [9.17, 15) is 0 Å². The van der Waals surface area contributed by atoms with Crippen LogP contribution in [-0.4, -0.2) is 41.5 Å². The van der Waals surface area contributed by atoms with Gasteiger partial charge in [-0.25, -0.2) is 0 Å². The SMILES string of the molecule is COc1ccc(C(C)C)c([S][Sn]([CH3])[CH3])c1[Se]. The van der Waals surface area contributed by atoms with E-state index in [1.54, 1.807) is 7.11 Å². The fraction of sp³-hybridized carbons (Fsp3) is 0.500. The zero-order chi connectivity index (χ0) is 12.3. The number of hydrogen-bond donors (Lipinski definition) is 0. The average molecular weight is 408 g/mol. The molecular weight excluding hydrogens is 390 g/mol. The summed E-state index contributed by atoms with van der Waals surface area (Å²) in [4.78, 5) is 6.25. The summed E-state index contributed by atoms with van der Waals surface area (Å²) in [7, 11) is 3.83. The van der Waals surface area contributed by atoms with Gasteiger partial charge in [-0.1, -0.05) is 0 Å². The number of ether oxygens (including phenoxy) is 1. The van der Waals surface area contributed by atoms with E-state index < -0.39 is 18.4 Å². The average Bonchev–Trinajstić information content (AvgIpc) is 2.19. The molecule has 0 aromatic heterocycles. The van der Waals surface area contributed by atoms with Crippen LogP contribution in [0.4, 0.5) is 0 Å². The van der Waals surface area contributed by atoms with E-state index in [2.05, 4.69) is 60.8 Å². The van der Waals surface area contributed by atoms with Crippen molar-refractivity contribution in [2.75, 3.05) is 7.11 Å². The van der Waals surface area contributed by atoms with Gasteiger partial charge in [0, 0.05) is 0 Å². The molecule has 0 saturated carbocycles. The fourth-order valence-electron chi connectivity index (χ4n) is 1.48. The molecule has 16 heavy (non-hydrogen) atoms. The molecule has 0 aliphatic carbocycles. The Morgan fingerprint density at radius 2 is 1.94 bits per heavy atom. The molecule has 0 spiro atoms. The van der Waals surface area contributed by atoms with Crippen LogP contribution in [-0.2, 0) is 0 Å². The van der Waals surface area contributed by atoms with Crippen molar-refractivity contribution >= 4 is 47.8 Å². The van der Waals surface area contributed by atoms with E-state index >= 15 is 0 Å². The van der Waals surface area contributed by atoms with E-state index in [-0.39, 0.29) is 0 Å². The molecule has 88 valence electrons. The summed E-state index contributed by atoms with van der Waals surface area (Å²) in [5.41, 5.74) is 1.45. The Balaban J connectivity index is 3.25. The molecular formula is C12H18OSSeSn. The molecule has 0 heterocycles. The van der Waals surface area contributed by atoms with E-state index in [1.165, 1.54) is 14.9 Å². The predicted octanol–water partition coefficient (Wildman–Crippen LogP) is 2.96. The number of methoxy groups -OCH3 is 1. The van der Waals surface area contributed by atoms with Gasteiger partial charge in [-0.3, -0.25) is 0 Å². The molecule has 2 radical (unpaired) electrons. The Kier molecular flexibility index (Phi) is 6.06. The quantitative estimate of drug-likeness (QED) is 0.710. The molecule has 1 aromatic rings. The Bertz CT molecular complexity index is 366. The van der Waals surface area contributed by atoms with Crippen molar-refractivity contribution in [2.24, 2.45) is 0 Å². The molecule has 1 nitrogen and oxygen atoms in total. The van der Waals surface area contributed by atoms with Gasteiger partial charge in [0.2, 0.25) is 0 Å². The van der Waals surface area contributed by atoms with Crippen LogP contribution in [0.2, 0.25) is 9.88 Å². The standard InChI is InChI=1S/C10H13OSSe.2CH3.Sn/c1-6(2)7-4-5-8(11-3)10(13)9(7)12;;;/h4-6,12H,1-3H3;2*1H3;/q;;;+1/p-1. The molecule has 0 unspecified atom stereocenters. The molecule has 1 rings (SSSR count). The maximum atomic E-state index is 5.38. The van der Waals surface area contributed by atoms with Gasteiger partial charge in [0.1, 0.15) is 0 Å². The number of rotatable bonds is 4. The summed E-state index contributed by atoms with van der Waals surface area (Å²) < 4.78 is 6.57. The first-order valence-electron chi connectivity index (χ1n) is 5.33. The first kappa shape index (κ1) is 14.7. The van der Waals surface area contributed by atoms with Crippen molar-refractivity contribution in [1.82, 2.24) is 0 Å². The maximum absolute atomic E-state index is 5.38. The van der Waals surface area contributed by atoms with Gasteiger partial charge in [0.25, 0.3) is 0 Å². The minimum absolute atomic E-state index is 0.572. The van der Waals surface area contributed by atoms with Crippen LogP contribution < -0.4 is 9.20 Å². The second-order valence-electron chi connectivity index (χ2n) is 4.18. The summed E-state index contributed by atoms with van der Waals surface area (Å²) in [6, 6.07) is 4.28. The third kappa shape index (κ3) is 3.59. The summed E-state index contributed by atoms with van der Waals surface area (Å²) in [6.45, 7) is 4.50. The van der Waals surface area contributed by atoms with Crippen molar-refractivity contribution in [3.05, 3.63) is 17.7 Å². The van der Waals surface area contributed by atoms with E-state index in [0.717, 1.165) is 5.75 Å². The van der Waals surface area contributed by atoms with Crippen LogP contribution in [0.1, 0.15) is 25.3 Å². The molecule has 0 aliphatic heterocycles. The Morgan fingerprint density at radius 1 is 1.31 bits per heavy atom. The van der Waals surface area contributed by atoms with Crippen molar-refractivity contribution < 1.29 is 4.74 Å². The molecule has 1 aromatic carbocycles. The molecule has 0 amide bonds. The minimum atomic E-state index is -1.21. The van der Waals surface area contributed by atoms with Crippen LogP contribution >= 0.6 is 8.95 Å². The molecule has 0 aliphatic rings. The summed E-state index contributed by atoms with van der Waals surface area (Å²) in [5.74, 6) is 1.54. The molecule has 0 atom stereocenters. The van der Waals surface area contributed by atoms with Gasteiger partial charge in [-0.15, -0.1) is 0 Å². The third-order valence-corrected chi connectivity index (χ3v) is 9.69. The van der Waals surface area contributed by atoms with Crippen LogP contribution in [0.25, 0.3) is 0 Å². The monoisotopic (exact) mass is 410 g/mol. The van der Waals surface area contributed by atoms with Gasteiger partial charge in [0.15, 0.2) is 0 Å². The number of hydrogen-bond acceptors (Lipinski definition) is 2. The normalized spacial score (nSPS) is 11.2. The van der Waals surface area contributed by atoms with Crippen molar-refractivity contribution in [1.29, 1.82) is 0 Å². The first-order valence-corrected chi connectivity index (χ1v) is 16.2. The van der Waals surface area contributed by atoms with E-state index in [0.29, 0.717) is 5.92 Å². The third-order valence-electron chi connectivity index (χ3n) is 2.25. The van der Waals surface area contributed by atoms with Crippen molar-refractivity contribution in [2.45, 2.75) is 34.5 Å². The molecule has 0 N–H and O–H groups in total. The Hall–Kier alpha value is 0.688. The summed E-state index contributed by atoms with van der Waals surface area (Å²) in [6.07, 6.45) is 0. The zero-order valence-corrected chi connectivity index (χ0v) is 15.8. The van der Waals surface area contributed by atoms with E-state index in [4.69, 9.17) is 4.74 Å². The number of benzene rings is 1. The van der Waals surface area contributed by atoms with Crippen LogP contribution in [0.3, 0.4) is 0 Å². The Labute approximate surface area is 117 Å². The molecule has 0 fully saturated rings.